The van der Waals surface area contributed by atoms with E-state index in [1.165, 1.54) is 12.1 Å². The second-order valence-corrected chi connectivity index (χ2v) is 8.85. The number of aromatic nitrogens is 1. The van der Waals surface area contributed by atoms with Gasteiger partial charge in [0.05, 0.1) is 17.4 Å². The molecule has 1 aliphatic carbocycles. The maximum absolute atomic E-state index is 13.5. The first-order valence-corrected chi connectivity index (χ1v) is 11.4. The van der Waals surface area contributed by atoms with Crippen LogP contribution in [0.25, 0.3) is 0 Å². The van der Waals surface area contributed by atoms with E-state index >= 15 is 0 Å². The fraction of sp³-hybridized carbons (Fsp3) is 0.462. The number of amides is 2. The Bertz CT molecular complexity index is 1110. The van der Waals surface area contributed by atoms with Crippen molar-refractivity contribution in [3.05, 3.63) is 52.1 Å². The molecule has 1 aliphatic rings. The van der Waals surface area contributed by atoms with Gasteiger partial charge in [-0.3, -0.25) is 9.59 Å². The molecule has 1 atom stereocenters. The van der Waals surface area contributed by atoms with Gasteiger partial charge in [-0.2, -0.15) is 0 Å². The van der Waals surface area contributed by atoms with Crippen LogP contribution in [-0.4, -0.2) is 40.2 Å². The summed E-state index contributed by atoms with van der Waals surface area (Å²) >= 11 is 0. The molecule has 2 aromatic rings. The second-order valence-electron chi connectivity index (χ2n) is 8.85. The molecule has 7 nitrogen and oxygen atoms in total. The number of aliphatic hydroxyl groups is 1. The van der Waals surface area contributed by atoms with E-state index in [0.29, 0.717) is 33.8 Å². The number of aliphatic hydroxyl groups excluding tert-OH is 1. The minimum Gasteiger partial charge on any atom is -0.377 e. The highest BCUT2D eigenvalue weighted by molar-refractivity contribution is 6.06. The van der Waals surface area contributed by atoms with Gasteiger partial charge < -0.3 is 25.0 Å². The highest BCUT2D eigenvalue weighted by atomic mass is 19.1. The Morgan fingerprint density at radius 2 is 1.94 bits per heavy atom. The summed E-state index contributed by atoms with van der Waals surface area (Å²) in [7, 11) is 1.71. The van der Waals surface area contributed by atoms with Gasteiger partial charge in [-0.15, -0.1) is 6.42 Å². The first-order chi connectivity index (χ1) is 16.1. The van der Waals surface area contributed by atoms with E-state index in [2.05, 4.69) is 16.6 Å². The maximum atomic E-state index is 13.5. The molecule has 3 N–H and O–H groups in total. The number of halogens is 1. The molecular weight excluding hydrogens is 437 g/mol. The standard InChI is InChI=1S/C26H32FN3O4/c1-6-13-34-20-10-7-18(8-11-20)28-26(33)24(31)23-16(3)22(17(4)30(23)5)25(32)29-19-9-12-21(27)15(2)14-19/h1,9,12,14,18,20,24,31H,7-8,10-11,13H2,2-5H3,(H,28,33)(H,29,32). The fourth-order valence-corrected chi connectivity index (χ4v) is 4.58. The lowest BCUT2D eigenvalue weighted by Gasteiger charge is -2.29. The highest BCUT2D eigenvalue weighted by Gasteiger charge is 2.31. The molecule has 0 radical (unpaired) electrons. The molecule has 2 amide bonds. The number of nitrogens with one attached hydrogen (secondary N) is 2. The summed E-state index contributed by atoms with van der Waals surface area (Å²) in [4.78, 5) is 25.9. The number of hydrogen-bond donors (Lipinski definition) is 3. The quantitative estimate of drug-likeness (QED) is 0.542. The number of carbonyl (C=O) groups is 2. The number of aryl methyl sites for hydroxylation is 1. The van der Waals surface area contributed by atoms with Crippen molar-refractivity contribution in [2.24, 2.45) is 7.05 Å². The van der Waals surface area contributed by atoms with Gasteiger partial charge in [0.1, 0.15) is 12.4 Å². The Labute approximate surface area is 199 Å². The zero-order valence-electron chi connectivity index (χ0n) is 20.1. The minimum absolute atomic E-state index is 0.0565. The third kappa shape index (κ3) is 5.49. The number of nitrogens with zero attached hydrogens (tertiary/aromatic N) is 1. The molecule has 1 aromatic heterocycles. The van der Waals surface area contributed by atoms with E-state index in [9.17, 15) is 19.1 Å². The number of benzene rings is 1. The van der Waals surface area contributed by atoms with Crippen LogP contribution in [0.5, 0.6) is 0 Å². The Morgan fingerprint density at radius 1 is 1.26 bits per heavy atom. The summed E-state index contributed by atoms with van der Waals surface area (Å²) in [5, 5.41) is 16.6. The lowest BCUT2D eigenvalue weighted by molar-refractivity contribution is -0.131. The van der Waals surface area contributed by atoms with Gasteiger partial charge in [0.2, 0.25) is 0 Å². The predicted molar refractivity (Wildman–Crippen MR) is 128 cm³/mol. The van der Waals surface area contributed by atoms with E-state index in [-0.39, 0.29) is 30.5 Å². The number of terminal acetylenes is 1. The Balaban J connectivity index is 1.70. The van der Waals surface area contributed by atoms with Crippen LogP contribution in [0.15, 0.2) is 18.2 Å². The molecule has 0 spiro atoms. The van der Waals surface area contributed by atoms with Gasteiger partial charge in [-0.25, -0.2) is 4.39 Å². The van der Waals surface area contributed by atoms with Crippen molar-refractivity contribution in [1.29, 1.82) is 0 Å². The molecule has 8 heteroatoms. The highest BCUT2D eigenvalue weighted by Crippen LogP contribution is 2.28. The molecule has 1 fully saturated rings. The van der Waals surface area contributed by atoms with Crippen LogP contribution in [0.3, 0.4) is 0 Å². The van der Waals surface area contributed by atoms with Crippen molar-refractivity contribution in [2.75, 3.05) is 11.9 Å². The average molecular weight is 470 g/mol. The summed E-state index contributed by atoms with van der Waals surface area (Å²) in [5.74, 6) is 1.22. The van der Waals surface area contributed by atoms with Crippen LogP contribution in [0.1, 0.15) is 64.7 Å². The SMILES string of the molecule is C#CCOC1CCC(NC(=O)C(O)c2c(C)c(C(=O)Nc3ccc(F)c(C)c3)c(C)n2C)CC1. The minimum atomic E-state index is -1.42. The first-order valence-electron chi connectivity index (χ1n) is 11.4. The molecule has 182 valence electrons. The van der Waals surface area contributed by atoms with Crippen LogP contribution in [0, 0.1) is 38.9 Å². The van der Waals surface area contributed by atoms with Crippen LogP contribution in [-0.2, 0) is 16.6 Å². The molecule has 3 rings (SSSR count). The van der Waals surface area contributed by atoms with E-state index in [1.807, 2.05) is 0 Å². The molecule has 1 aromatic carbocycles. The summed E-state index contributed by atoms with van der Waals surface area (Å²) in [5.41, 5.74) is 2.75. The van der Waals surface area contributed by atoms with Gasteiger partial charge in [-0.1, -0.05) is 5.92 Å². The molecule has 1 heterocycles. The second kappa shape index (κ2) is 10.9. The normalized spacial score (nSPS) is 18.7. The number of hydrogen-bond acceptors (Lipinski definition) is 4. The van der Waals surface area contributed by atoms with E-state index < -0.39 is 12.0 Å². The van der Waals surface area contributed by atoms with E-state index in [4.69, 9.17) is 11.2 Å². The first kappa shape index (κ1) is 25.5. The summed E-state index contributed by atoms with van der Waals surface area (Å²) in [6, 6.07) is 4.28. The lowest BCUT2D eigenvalue weighted by Crippen LogP contribution is -2.41. The molecule has 0 saturated heterocycles. The van der Waals surface area contributed by atoms with Gasteiger partial charge in [0, 0.05) is 24.5 Å². The number of rotatable bonds is 7. The molecule has 0 bridgehead atoms. The zero-order chi connectivity index (χ0) is 25.0. The van der Waals surface area contributed by atoms with Crippen LogP contribution in [0.4, 0.5) is 10.1 Å². The van der Waals surface area contributed by atoms with Gasteiger partial charge in [0.25, 0.3) is 11.8 Å². The molecular formula is C26H32FN3O4. The summed E-state index contributed by atoms with van der Waals surface area (Å²) < 4.78 is 20.8. The third-order valence-corrected chi connectivity index (χ3v) is 6.56. The van der Waals surface area contributed by atoms with Crippen molar-refractivity contribution in [3.63, 3.8) is 0 Å². The Morgan fingerprint density at radius 3 is 2.56 bits per heavy atom. The predicted octanol–water partition coefficient (Wildman–Crippen LogP) is 3.45. The van der Waals surface area contributed by atoms with Gasteiger partial charge in [0.15, 0.2) is 6.10 Å². The fourth-order valence-electron chi connectivity index (χ4n) is 4.58. The largest absolute Gasteiger partial charge is 0.377 e. The topological polar surface area (TPSA) is 92.6 Å². The lowest BCUT2D eigenvalue weighted by atomic mass is 9.92. The van der Waals surface area contributed by atoms with Crippen LogP contribution < -0.4 is 10.6 Å². The Kier molecular flexibility index (Phi) is 8.13. The average Bonchev–Trinajstić information content (AvgIpc) is 3.03. The number of carbonyl (C=O) groups excluding carboxylic acids is 2. The van der Waals surface area contributed by atoms with Crippen molar-refractivity contribution in [2.45, 2.75) is 64.7 Å². The molecule has 34 heavy (non-hydrogen) atoms. The van der Waals surface area contributed by atoms with Crippen molar-refractivity contribution >= 4 is 17.5 Å². The monoisotopic (exact) mass is 469 g/mol. The molecule has 1 saturated carbocycles. The van der Waals surface area contributed by atoms with Gasteiger partial charge in [-0.05, 0) is 75.8 Å². The van der Waals surface area contributed by atoms with Crippen molar-refractivity contribution in [1.82, 2.24) is 9.88 Å². The maximum Gasteiger partial charge on any atom is 0.257 e. The Hall–Kier alpha value is -3.15. The van der Waals surface area contributed by atoms with E-state index in [0.717, 1.165) is 25.7 Å². The third-order valence-electron chi connectivity index (χ3n) is 6.56. The molecule has 0 aliphatic heterocycles. The van der Waals surface area contributed by atoms with Crippen molar-refractivity contribution < 1.29 is 23.8 Å². The molecule has 1 unspecified atom stereocenters. The smallest absolute Gasteiger partial charge is 0.257 e. The van der Waals surface area contributed by atoms with Crippen molar-refractivity contribution in [3.8, 4) is 12.3 Å². The van der Waals surface area contributed by atoms with Gasteiger partial charge >= 0.3 is 0 Å². The van der Waals surface area contributed by atoms with Crippen LogP contribution >= 0.6 is 0 Å². The zero-order valence-corrected chi connectivity index (χ0v) is 20.1. The van der Waals surface area contributed by atoms with Crippen LogP contribution in [0.2, 0.25) is 0 Å². The number of ether oxygens (including phenoxy) is 1. The van der Waals surface area contributed by atoms with E-state index in [1.54, 1.807) is 38.5 Å². The summed E-state index contributed by atoms with van der Waals surface area (Å²) in [6.07, 6.45) is 6.96. The summed E-state index contributed by atoms with van der Waals surface area (Å²) in [6.45, 7) is 5.36. The number of anilines is 1.